The van der Waals surface area contributed by atoms with E-state index in [1.54, 1.807) is 17.8 Å². The molecule has 2 aromatic carbocycles. The highest BCUT2D eigenvalue weighted by molar-refractivity contribution is 5.95. The standard InChI is InChI=1S/C24H26FN7O2/c1-15-14-32(18-6-4-3-5-7-18)31-22(15)13-29-23(33)20(27)11-21(28-2)24(34)30-17-8-9-19(25)16(10-17)12-26/h3-10,14,20-21,28H,11,13,27H2,1-2H3,(H,29,33)(H,30,34). The molecule has 0 aliphatic rings. The number of halogens is 1. The van der Waals surface area contributed by atoms with Crippen molar-refractivity contribution >= 4 is 17.5 Å². The number of para-hydroxylation sites is 1. The van der Waals surface area contributed by atoms with Crippen LogP contribution in [-0.2, 0) is 16.1 Å². The minimum Gasteiger partial charge on any atom is -0.349 e. The molecule has 0 saturated heterocycles. The van der Waals surface area contributed by atoms with Gasteiger partial charge in [0.1, 0.15) is 11.9 Å². The molecule has 0 aliphatic heterocycles. The molecule has 1 aromatic heterocycles. The van der Waals surface area contributed by atoms with E-state index in [1.165, 1.54) is 12.1 Å². The van der Waals surface area contributed by atoms with E-state index in [1.807, 2.05) is 43.5 Å². The summed E-state index contributed by atoms with van der Waals surface area (Å²) in [4.78, 5) is 25.1. The highest BCUT2D eigenvalue weighted by Crippen LogP contribution is 2.15. The molecule has 0 radical (unpaired) electrons. The van der Waals surface area contributed by atoms with E-state index in [0.29, 0.717) is 5.69 Å². The third-order valence-electron chi connectivity index (χ3n) is 5.30. The lowest BCUT2D eigenvalue weighted by Gasteiger charge is -2.20. The Kier molecular flexibility index (Phi) is 8.08. The Morgan fingerprint density at radius 1 is 1.21 bits per heavy atom. The highest BCUT2D eigenvalue weighted by atomic mass is 19.1. The predicted molar refractivity (Wildman–Crippen MR) is 125 cm³/mol. The van der Waals surface area contributed by atoms with Crippen molar-refractivity contribution in [1.82, 2.24) is 20.4 Å². The Labute approximate surface area is 196 Å². The molecule has 5 N–H and O–H groups in total. The summed E-state index contributed by atoms with van der Waals surface area (Å²) in [5, 5.41) is 21.7. The summed E-state index contributed by atoms with van der Waals surface area (Å²) < 4.78 is 15.2. The first-order valence-corrected chi connectivity index (χ1v) is 10.6. The highest BCUT2D eigenvalue weighted by Gasteiger charge is 2.24. The third-order valence-corrected chi connectivity index (χ3v) is 5.30. The van der Waals surface area contributed by atoms with Crippen molar-refractivity contribution in [3.8, 4) is 11.8 Å². The van der Waals surface area contributed by atoms with Crippen LogP contribution >= 0.6 is 0 Å². The van der Waals surface area contributed by atoms with Gasteiger partial charge < -0.3 is 21.7 Å². The number of aromatic nitrogens is 2. The molecule has 176 valence electrons. The average Bonchev–Trinajstić information content (AvgIpc) is 3.22. The maximum atomic E-state index is 13.5. The smallest absolute Gasteiger partial charge is 0.241 e. The van der Waals surface area contributed by atoms with Gasteiger partial charge in [0.05, 0.1) is 35.6 Å². The van der Waals surface area contributed by atoms with Crippen molar-refractivity contribution in [3.63, 3.8) is 0 Å². The van der Waals surface area contributed by atoms with Crippen LogP contribution in [0.15, 0.2) is 54.7 Å². The zero-order valence-corrected chi connectivity index (χ0v) is 18.9. The lowest BCUT2D eigenvalue weighted by molar-refractivity contribution is -0.123. The number of amides is 2. The van der Waals surface area contributed by atoms with Crippen LogP contribution in [-0.4, -0.2) is 40.7 Å². The molecular formula is C24H26FN7O2. The van der Waals surface area contributed by atoms with E-state index < -0.39 is 29.7 Å². The molecule has 34 heavy (non-hydrogen) atoms. The monoisotopic (exact) mass is 463 g/mol. The zero-order valence-electron chi connectivity index (χ0n) is 18.9. The van der Waals surface area contributed by atoms with Crippen molar-refractivity contribution in [1.29, 1.82) is 5.26 Å². The zero-order chi connectivity index (χ0) is 24.7. The number of nitrogens with zero attached hydrogens (tertiary/aromatic N) is 3. The molecule has 10 heteroatoms. The van der Waals surface area contributed by atoms with Gasteiger partial charge in [-0.3, -0.25) is 9.59 Å². The molecule has 0 bridgehead atoms. The Hall–Kier alpha value is -4.07. The molecule has 0 aliphatic carbocycles. The van der Waals surface area contributed by atoms with Gasteiger partial charge >= 0.3 is 0 Å². The van der Waals surface area contributed by atoms with Crippen LogP contribution in [0.5, 0.6) is 0 Å². The van der Waals surface area contributed by atoms with E-state index in [9.17, 15) is 14.0 Å². The topological polar surface area (TPSA) is 138 Å². The largest absolute Gasteiger partial charge is 0.349 e. The van der Waals surface area contributed by atoms with Crippen molar-refractivity contribution in [3.05, 3.63) is 77.4 Å². The number of nitrogens with two attached hydrogens (primary N) is 1. The Balaban J connectivity index is 1.56. The number of benzene rings is 2. The first-order chi connectivity index (χ1) is 16.3. The van der Waals surface area contributed by atoms with Gasteiger partial charge in [-0.2, -0.15) is 10.4 Å². The van der Waals surface area contributed by atoms with E-state index >= 15 is 0 Å². The Morgan fingerprint density at radius 2 is 1.94 bits per heavy atom. The normalized spacial score (nSPS) is 12.4. The van der Waals surface area contributed by atoms with Crippen LogP contribution in [0.3, 0.4) is 0 Å². The number of hydrogen-bond donors (Lipinski definition) is 4. The number of carbonyl (C=O) groups excluding carboxylic acids is 2. The second-order valence-corrected chi connectivity index (χ2v) is 7.74. The van der Waals surface area contributed by atoms with Gasteiger partial charge in [0.2, 0.25) is 11.8 Å². The van der Waals surface area contributed by atoms with E-state index in [0.717, 1.165) is 17.3 Å². The number of nitrogens with one attached hydrogen (secondary N) is 3. The maximum Gasteiger partial charge on any atom is 0.241 e. The lowest BCUT2D eigenvalue weighted by Crippen LogP contribution is -2.48. The first-order valence-electron chi connectivity index (χ1n) is 10.6. The third kappa shape index (κ3) is 6.04. The summed E-state index contributed by atoms with van der Waals surface area (Å²) in [6.07, 6.45) is 1.91. The van der Waals surface area contributed by atoms with Crippen molar-refractivity contribution in [2.24, 2.45) is 5.73 Å². The number of carbonyl (C=O) groups is 2. The summed E-state index contributed by atoms with van der Waals surface area (Å²) in [5.74, 6) is -1.55. The molecule has 3 aromatic rings. The summed E-state index contributed by atoms with van der Waals surface area (Å²) in [6.45, 7) is 2.10. The van der Waals surface area contributed by atoms with Gasteiger partial charge in [-0.25, -0.2) is 9.07 Å². The lowest BCUT2D eigenvalue weighted by atomic mass is 10.1. The van der Waals surface area contributed by atoms with Crippen LogP contribution in [0.4, 0.5) is 10.1 Å². The summed E-state index contributed by atoms with van der Waals surface area (Å²) in [5.41, 5.74) is 8.66. The summed E-state index contributed by atoms with van der Waals surface area (Å²) in [7, 11) is 1.57. The fourth-order valence-electron chi connectivity index (χ4n) is 3.32. The average molecular weight is 464 g/mol. The minimum absolute atomic E-state index is 0.0257. The number of aryl methyl sites for hydroxylation is 1. The van der Waals surface area contributed by atoms with Gasteiger partial charge in [0.25, 0.3) is 0 Å². The van der Waals surface area contributed by atoms with Crippen molar-refractivity contribution < 1.29 is 14.0 Å². The van der Waals surface area contributed by atoms with Gasteiger partial charge in [0, 0.05) is 11.9 Å². The van der Waals surface area contributed by atoms with Gasteiger partial charge in [0.15, 0.2) is 0 Å². The van der Waals surface area contributed by atoms with E-state index in [2.05, 4.69) is 21.0 Å². The van der Waals surface area contributed by atoms with Gasteiger partial charge in [-0.1, -0.05) is 18.2 Å². The molecule has 2 atom stereocenters. The molecule has 3 rings (SSSR count). The van der Waals surface area contributed by atoms with Gasteiger partial charge in [-0.05, 0) is 56.3 Å². The van der Waals surface area contributed by atoms with Crippen LogP contribution in [0.1, 0.15) is 23.2 Å². The predicted octanol–water partition coefficient (Wildman–Crippen LogP) is 1.75. The number of rotatable bonds is 9. The van der Waals surface area contributed by atoms with Crippen molar-refractivity contribution in [2.45, 2.75) is 32.0 Å². The van der Waals surface area contributed by atoms with Gasteiger partial charge in [-0.15, -0.1) is 0 Å². The fraction of sp³-hybridized carbons (Fsp3) is 0.250. The maximum absolute atomic E-state index is 13.5. The number of anilines is 1. The molecule has 0 spiro atoms. The van der Waals surface area contributed by atoms with E-state index in [4.69, 9.17) is 11.0 Å². The minimum atomic E-state index is -0.956. The fourth-order valence-corrected chi connectivity index (χ4v) is 3.32. The molecule has 2 amide bonds. The van der Waals surface area contributed by atoms with Crippen LogP contribution in [0.25, 0.3) is 5.69 Å². The quantitative estimate of drug-likeness (QED) is 0.381. The van der Waals surface area contributed by atoms with Crippen LogP contribution < -0.4 is 21.7 Å². The van der Waals surface area contributed by atoms with Crippen LogP contribution in [0, 0.1) is 24.1 Å². The van der Waals surface area contributed by atoms with Crippen LogP contribution in [0.2, 0.25) is 0 Å². The Bertz CT molecular complexity index is 1200. The Morgan fingerprint density at radius 3 is 2.62 bits per heavy atom. The summed E-state index contributed by atoms with van der Waals surface area (Å²) in [6, 6.07) is 13.3. The first kappa shape index (κ1) is 24.6. The SMILES string of the molecule is CNC(CC(N)C(=O)NCc1nn(-c2ccccc2)cc1C)C(=O)Nc1ccc(F)c(C#N)c1. The molecule has 9 nitrogen and oxygen atoms in total. The number of nitriles is 1. The second-order valence-electron chi connectivity index (χ2n) is 7.74. The molecule has 0 fully saturated rings. The molecule has 1 heterocycles. The molecule has 2 unspecified atom stereocenters. The number of likely N-dealkylation sites (N-methyl/N-ethyl adjacent to an activating group) is 1. The second kappa shape index (κ2) is 11.2. The molecule has 0 saturated carbocycles. The number of hydrogen-bond acceptors (Lipinski definition) is 6. The summed E-state index contributed by atoms with van der Waals surface area (Å²) >= 11 is 0. The van der Waals surface area contributed by atoms with Crippen molar-refractivity contribution in [2.75, 3.05) is 12.4 Å². The molecular weight excluding hydrogens is 437 g/mol. The van der Waals surface area contributed by atoms with E-state index in [-0.39, 0.29) is 24.2 Å².